The SMILES string of the molecule is Cc1cc(=O)c2c(OCC(O)COc3cccc4occc(=O)c34)cccc2o1. The molecule has 148 valence electrons. The predicted molar refractivity (Wildman–Crippen MR) is 107 cm³/mol. The molecule has 1 unspecified atom stereocenters. The van der Waals surface area contributed by atoms with Crippen molar-refractivity contribution in [2.24, 2.45) is 0 Å². The van der Waals surface area contributed by atoms with Gasteiger partial charge in [0.1, 0.15) is 58.5 Å². The van der Waals surface area contributed by atoms with Gasteiger partial charge in [-0.15, -0.1) is 0 Å². The third-order valence-corrected chi connectivity index (χ3v) is 4.35. The highest BCUT2D eigenvalue weighted by molar-refractivity contribution is 5.83. The Morgan fingerprint density at radius 1 is 0.897 bits per heavy atom. The van der Waals surface area contributed by atoms with Crippen LogP contribution in [-0.4, -0.2) is 24.4 Å². The van der Waals surface area contributed by atoms with Crippen LogP contribution in [0.3, 0.4) is 0 Å². The monoisotopic (exact) mass is 394 g/mol. The van der Waals surface area contributed by atoms with Crippen molar-refractivity contribution in [1.29, 1.82) is 0 Å². The Morgan fingerprint density at radius 3 is 2.21 bits per heavy atom. The molecule has 0 spiro atoms. The second kappa shape index (κ2) is 7.81. The summed E-state index contributed by atoms with van der Waals surface area (Å²) < 4.78 is 22.1. The van der Waals surface area contributed by atoms with Crippen LogP contribution in [0, 0.1) is 6.92 Å². The smallest absolute Gasteiger partial charge is 0.196 e. The molecule has 2 aromatic carbocycles. The van der Waals surface area contributed by atoms with Gasteiger partial charge in [0, 0.05) is 12.1 Å². The maximum absolute atomic E-state index is 12.3. The first-order valence-corrected chi connectivity index (χ1v) is 9.00. The standard InChI is InChI=1S/C22H18O7/c1-13-10-16(25)22-19(6-3-7-20(22)29-13)28-12-14(23)11-27-18-5-2-4-17-21(18)15(24)8-9-26-17/h2-10,14,23H,11-12H2,1H3. The first-order chi connectivity index (χ1) is 14.0. The summed E-state index contributed by atoms with van der Waals surface area (Å²) in [6.45, 7) is 1.49. The molecule has 7 nitrogen and oxygen atoms in total. The molecule has 1 atom stereocenters. The van der Waals surface area contributed by atoms with E-state index < -0.39 is 6.10 Å². The van der Waals surface area contributed by atoms with E-state index in [4.69, 9.17) is 18.3 Å². The van der Waals surface area contributed by atoms with Gasteiger partial charge < -0.3 is 23.4 Å². The third-order valence-electron chi connectivity index (χ3n) is 4.35. The summed E-state index contributed by atoms with van der Waals surface area (Å²) in [6, 6.07) is 12.7. The van der Waals surface area contributed by atoms with Crippen LogP contribution in [0.15, 0.2) is 73.2 Å². The Morgan fingerprint density at radius 2 is 1.52 bits per heavy atom. The Bertz CT molecular complexity index is 1280. The van der Waals surface area contributed by atoms with Crippen LogP contribution in [0.2, 0.25) is 0 Å². The lowest BCUT2D eigenvalue weighted by Crippen LogP contribution is -2.25. The summed E-state index contributed by atoms with van der Waals surface area (Å²) in [5.74, 6) is 1.14. The van der Waals surface area contributed by atoms with Crippen LogP contribution in [0.1, 0.15) is 5.76 Å². The zero-order valence-electron chi connectivity index (χ0n) is 15.6. The van der Waals surface area contributed by atoms with Gasteiger partial charge in [-0.25, -0.2) is 0 Å². The molecule has 7 heteroatoms. The summed E-state index contributed by atoms with van der Waals surface area (Å²) in [7, 11) is 0. The molecule has 0 aliphatic heterocycles. The van der Waals surface area contributed by atoms with E-state index in [1.54, 1.807) is 43.3 Å². The molecule has 0 amide bonds. The van der Waals surface area contributed by atoms with Crippen molar-refractivity contribution < 1.29 is 23.4 Å². The van der Waals surface area contributed by atoms with Gasteiger partial charge in [-0.3, -0.25) is 9.59 Å². The number of fused-ring (bicyclic) bond motifs is 2. The molecule has 0 bridgehead atoms. The van der Waals surface area contributed by atoms with Crippen molar-refractivity contribution in [2.45, 2.75) is 13.0 Å². The highest BCUT2D eigenvalue weighted by atomic mass is 16.5. The third kappa shape index (κ3) is 3.86. The number of rotatable bonds is 6. The lowest BCUT2D eigenvalue weighted by molar-refractivity contribution is 0.0636. The van der Waals surface area contributed by atoms with Crippen molar-refractivity contribution in [2.75, 3.05) is 13.2 Å². The lowest BCUT2D eigenvalue weighted by atomic mass is 10.2. The average Bonchev–Trinajstić information content (AvgIpc) is 2.70. The minimum absolute atomic E-state index is 0.105. The van der Waals surface area contributed by atoms with E-state index in [2.05, 4.69) is 0 Å². The summed E-state index contributed by atoms with van der Waals surface area (Å²) in [6.07, 6.45) is 0.327. The molecule has 0 aliphatic carbocycles. The van der Waals surface area contributed by atoms with Crippen molar-refractivity contribution in [3.8, 4) is 11.5 Å². The van der Waals surface area contributed by atoms with Gasteiger partial charge in [0.2, 0.25) is 0 Å². The Balaban J connectivity index is 1.47. The Hall–Kier alpha value is -3.58. The van der Waals surface area contributed by atoms with Gasteiger partial charge in [0.05, 0.1) is 6.26 Å². The second-order valence-corrected chi connectivity index (χ2v) is 6.54. The number of aliphatic hydroxyl groups is 1. The zero-order chi connectivity index (χ0) is 20.4. The lowest BCUT2D eigenvalue weighted by Gasteiger charge is -2.15. The number of benzene rings is 2. The summed E-state index contributed by atoms with van der Waals surface area (Å²) in [5, 5.41) is 10.9. The summed E-state index contributed by atoms with van der Waals surface area (Å²) in [4.78, 5) is 24.3. The van der Waals surface area contributed by atoms with E-state index in [9.17, 15) is 14.7 Å². The van der Waals surface area contributed by atoms with E-state index in [-0.39, 0.29) is 24.1 Å². The maximum Gasteiger partial charge on any atom is 0.196 e. The first kappa shape index (κ1) is 18.8. The normalized spacial score (nSPS) is 12.2. The number of hydrogen-bond acceptors (Lipinski definition) is 7. The van der Waals surface area contributed by atoms with Crippen LogP contribution in [0.5, 0.6) is 11.5 Å². The van der Waals surface area contributed by atoms with Gasteiger partial charge in [-0.05, 0) is 31.2 Å². The van der Waals surface area contributed by atoms with Crippen LogP contribution in [0.4, 0.5) is 0 Å². The highest BCUT2D eigenvalue weighted by Crippen LogP contribution is 2.24. The molecular weight excluding hydrogens is 376 g/mol. The minimum Gasteiger partial charge on any atom is -0.490 e. The van der Waals surface area contributed by atoms with E-state index in [1.165, 1.54) is 18.4 Å². The molecule has 0 saturated heterocycles. The molecule has 0 saturated carbocycles. The largest absolute Gasteiger partial charge is 0.490 e. The highest BCUT2D eigenvalue weighted by Gasteiger charge is 2.13. The van der Waals surface area contributed by atoms with E-state index in [0.29, 0.717) is 39.2 Å². The van der Waals surface area contributed by atoms with Gasteiger partial charge in [-0.2, -0.15) is 0 Å². The van der Waals surface area contributed by atoms with E-state index in [1.807, 2.05) is 0 Å². The number of aryl methyl sites for hydroxylation is 1. The molecule has 0 fully saturated rings. The molecular formula is C22H18O7. The zero-order valence-corrected chi connectivity index (χ0v) is 15.6. The molecule has 29 heavy (non-hydrogen) atoms. The van der Waals surface area contributed by atoms with Crippen LogP contribution in [-0.2, 0) is 0 Å². The number of ether oxygens (including phenoxy) is 2. The summed E-state index contributed by atoms with van der Waals surface area (Å²) in [5.41, 5.74) is 0.372. The number of hydrogen-bond donors (Lipinski definition) is 1. The van der Waals surface area contributed by atoms with Gasteiger partial charge in [0.25, 0.3) is 0 Å². The fourth-order valence-corrected chi connectivity index (χ4v) is 3.06. The molecule has 1 N–H and O–H groups in total. The number of aliphatic hydroxyl groups excluding tert-OH is 1. The molecule has 2 heterocycles. The molecule has 0 aliphatic rings. The molecule has 2 aromatic heterocycles. The van der Waals surface area contributed by atoms with Gasteiger partial charge in [-0.1, -0.05) is 12.1 Å². The van der Waals surface area contributed by atoms with Crippen molar-refractivity contribution in [3.05, 3.63) is 81.0 Å². The predicted octanol–water partition coefficient (Wildman–Crippen LogP) is 3.03. The van der Waals surface area contributed by atoms with Crippen LogP contribution < -0.4 is 20.3 Å². The Kier molecular flexibility index (Phi) is 5.05. The second-order valence-electron chi connectivity index (χ2n) is 6.54. The van der Waals surface area contributed by atoms with Crippen molar-refractivity contribution >= 4 is 21.9 Å². The molecule has 4 aromatic rings. The topological polar surface area (TPSA) is 99.1 Å². The van der Waals surface area contributed by atoms with Crippen molar-refractivity contribution in [1.82, 2.24) is 0 Å². The minimum atomic E-state index is -0.992. The van der Waals surface area contributed by atoms with Gasteiger partial charge in [0.15, 0.2) is 10.9 Å². The first-order valence-electron chi connectivity index (χ1n) is 9.00. The van der Waals surface area contributed by atoms with Gasteiger partial charge >= 0.3 is 0 Å². The van der Waals surface area contributed by atoms with Crippen LogP contribution in [0.25, 0.3) is 21.9 Å². The fourth-order valence-electron chi connectivity index (χ4n) is 3.06. The quantitative estimate of drug-likeness (QED) is 0.537. The Labute approximate surface area is 164 Å². The average molecular weight is 394 g/mol. The molecule has 0 radical (unpaired) electrons. The summed E-state index contributed by atoms with van der Waals surface area (Å²) >= 11 is 0. The van der Waals surface area contributed by atoms with E-state index >= 15 is 0 Å². The maximum atomic E-state index is 12.3. The molecule has 4 rings (SSSR count). The van der Waals surface area contributed by atoms with E-state index in [0.717, 1.165) is 0 Å². The van der Waals surface area contributed by atoms with Crippen LogP contribution >= 0.6 is 0 Å². The van der Waals surface area contributed by atoms with Crippen molar-refractivity contribution in [3.63, 3.8) is 0 Å². The fraction of sp³-hybridized carbons (Fsp3) is 0.182.